The van der Waals surface area contributed by atoms with Crippen molar-refractivity contribution >= 4 is 0 Å². The normalized spacial score (nSPS) is 16.6. The zero-order valence-electron chi connectivity index (χ0n) is 10.7. The molecule has 1 aromatic rings. The molecule has 0 aliphatic heterocycles. The molecule has 0 aliphatic rings. The van der Waals surface area contributed by atoms with Crippen LogP contribution in [0.3, 0.4) is 0 Å². The fourth-order valence-corrected chi connectivity index (χ4v) is 1.52. The molecule has 0 heterocycles. The van der Waals surface area contributed by atoms with Gasteiger partial charge in [0.25, 0.3) is 0 Å². The second-order valence-corrected chi connectivity index (χ2v) is 4.53. The van der Waals surface area contributed by atoms with Crippen molar-refractivity contribution in [3.05, 3.63) is 29.8 Å². The average Bonchev–Trinajstić information content (AvgIpc) is 2.28. The third-order valence-corrected chi connectivity index (χ3v) is 3.12. The first kappa shape index (κ1) is 13.0. The van der Waals surface area contributed by atoms with Gasteiger partial charge in [0.1, 0.15) is 11.9 Å². The Kier molecular flexibility index (Phi) is 4.81. The zero-order valence-corrected chi connectivity index (χ0v) is 10.7. The van der Waals surface area contributed by atoms with E-state index in [9.17, 15) is 0 Å². The van der Waals surface area contributed by atoms with E-state index in [2.05, 4.69) is 26.0 Å². The predicted molar refractivity (Wildman–Crippen MR) is 68.9 cm³/mol. The molecule has 0 spiro atoms. The Hall–Kier alpha value is -1.02. The van der Waals surface area contributed by atoms with Gasteiger partial charge in [0, 0.05) is 6.04 Å². The molecule has 3 atom stereocenters. The van der Waals surface area contributed by atoms with Gasteiger partial charge < -0.3 is 10.5 Å². The molecule has 2 N–H and O–H groups in total. The second-order valence-electron chi connectivity index (χ2n) is 4.53. The molecule has 0 saturated carbocycles. The third kappa shape index (κ3) is 3.24. The average molecular weight is 221 g/mol. The van der Waals surface area contributed by atoms with Crippen LogP contribution in [0.15, 0.2) is 24.3 Å². The summed E-state index contributed by atoms with van der Waals surface area (Å²) in [5.74, 6) is 1.50. The van der Waals surface area contributed by atoms with E-state index >= 15 is 0 Å². The number of ether oxygens (including phenoxy) is 1. The monoisotopic (exact) mass is 221 g/mol. The second kappa shape index (κ2) is 5.90. The zero-order chi connectivity index (χ0) is 12.1. The highest BCUT2D eigenvalue weighted by atomic mass is 16.5. The summed E-state index contributed by atoms with van der Waals surface area (Å²) in [4.78, 5) is 0. The molecule has 2 unspecified atom stereocenters. The lowest BCUT2D eigenvalue weighted by Crippen LogP contribution is -2.33. The molecule has 0 amide bonds. The van der Waals surface area contributed by atoms with Gasteiger partial charge in [0.15, 0.2) is 0 Å². The first-order valence-corrected chi connectivity index (χ1v) is 6.07. The van der Waals surface area contributed by atoms with Crippen LogP contribution in [-0.2, 0) is 0 Å². The highest BCUT2D eigenvalue weighted by Gasteiger charge is 2.14. The molecule has 0 aromatic heterocycles. The first-order valence-electron chi connectivity index (χ1n) is 6.07. The van der Waals surface area contributed by atoms with Crippen LogP contribution in [0.5, 0.6) is 5.75 Å². The molecule has 1 aromatic carbocycles. The number of hydrogen-bond donors (Lipinski definition) is 1. The minimum absolute atomic E-state index is 0.0463. The summed E-state index contributed by atoms with van der Waals surface area (Å²) < 4.78 is 5.90. The van der Waals surface area contributed by atoms with E-state index in [-0.39, 0.29) is 12.1 Å². The Morgan fingerprint density at radius 3 is 2.38 bits per heavy atom. The summed E-state index contributed by atoms with van der Waals surface area (Å²) in [6, 6.07) is 8.28. The summed E-state index contributed by atoms with van der Waals surface area (Å²) in [5.41, 5.74) is 7.09. The molecule has 16 heavy (non-hydrogen) atoms. The maximum atomic E-state index is 5.90. The number of para-hydroxylation sites is 1. The molecule has 0 bridgehead atoms. The molecular formula is C14H23NO. The highest BCUT2D eigenvalue weighted by molar-refractivity contribution is 5.36. The lowest BCUT2D eigenvalue weighted by Gasteiger charge is -2.22. The molecule has 0 radical (unpaired) electrons. The molecule has 0 saturated heterocycles. The number of rotatable bonds is 5. The third-order valence-electron chi connectivity index (χ3n) is 3.12. The fraction of sp³-hybridized carbons (Fsp3) is 0.571. The molecule has 0 fully saturated rings. The lowest BCUT2D eigenvalue weighted by atomic mass is 9.98. The van der Waals surface area contributed by atoms with Crippen molar-refractivity contribution in [2.75, 3.05) is 0 Å². The van der Waals surface area contributed by atoms with E-state index in [0.29, 0.717) is 5.92 Å². The van der Waals surface area contributed by atoms with E-state index in [1.807, 2.05) is 26.0 Å². The molecule has 90 valence electrons. The van der Waals surface area contributed by atoms with Crippen LogP contribution < -0.4 is 10.5 Å². The Balaban J connectivity index is 2.86. The Morgan fingerprint density at radius 1 is 1.19 bits per heavy atom. The van der Waals surface area contributed by atoms with Gasteiger partial charge in [0.05, 0.1) is 0 Å². The molecule has 0 aliphatic carbocycles. The van der Waals surface area contributed by atoms with Gasteiger partial charge >= 0.3 is 0 Å². The number of nitrogens with two attached hydrogens (primary N) is 1. The van der Waals surface area contributed by atoms with E-state index < -0.39 is 0 Å². The molecular weight excluding hydrogens is 198 g/mol. The first-order chi connectivity index (χ1) is 7.56. The van der Waals surface area contributed by atoms with Crippen molar-refractivity contribution in [2.45, 2.75) is 52.2 Å². The van der Waals surface area contributed by atoms with Crippen LogP contribution in [0.1, 0.15) is 45.6 Å². The van der Waals surface area contributed by atoms with Crippen LogP contribution >= 0.6 is 0 Å². The van der Waals surface area contributed by atoms with E-state index in [1.165, 1.54) is 5.56 Å². The van der Waals surface area contributed by atoms with E-state index in [0.717, 1.165) is 12.2 Å². The minimum Gasteiger partial charge on any atom is -0.489 e. The van der Waals surface area contributed by atoms with Crippen molar-refractivity contribution in [3.8, 4) is 5.75 Å². The van der Waals surface area contributed by atoms with Crippen LogP contribution in [0.25, 0.3) is 0 Å². The molecule has 2 nitrogen and oxygen atoms in total. The van der Waals surface area contributed by atoms with Crippen molar-refractivity contribution in [1.82, 2.24) is 0 Å². The predicted octanol–water partition coefficient (Wildman–Crippen LogP) is 3.31. The van der Waals surface area contributed by atoms with E-state index in [4.69, 9.17) is 10.5 Å². The van der Waals surface area contributed by atoms with Gasteiger partial charge in [-0.05, 0) is 37.8 Å². The SMILES string of the molecule is CCC(C)c1ccccc1OC(C)[C@@H](C)N. The van der Waals surface area contributed by atoms with Crippen molar-refractivity contribution in [2.24, 2.45) is 5.73 Å². The standard InChI is InChI=1S/C14H23NO/c1-5-10(2)13-8-6-7-9-14(13)16-12(4)11(3)15/h6-12H,5,15H2,1-4H3/t10?,11-,12?/m1/s1. The smallest absolute Gasteiger partial charge is 0.123 e. The highest BCUT2D eigenvalue weighted by Crippen LogP contribution is 2.29. The van der Waals surface area contributed by atoms with E-state index in [1.54, 1.807) is 0 Å². The van der Waals surface area contributed by atoms with Crippen molar-refractivity contribution in [1.29, 1.82) is 0 Å². The number of hydrogen-bond acceptors (Lipinski definition) is 2. The van der Waals surface area contributed by atoms with Gasteiger partial charge in [-0.2, -0.15) is 0 Å². The van der Waals surface area contributed by atoms with Crippen molar-refractivity contribution < 1.29 is 4.74 Å². The van der Waals surface area contributed by atoms with Crippen LogP contribution in [-0.4, -0.2) is 12.1 Å². The summed E-state index contributed by atoms with van der Waals surface area (Å²) >= 11 is 0. The van der Waals surface area contributed by atoms with Gasteiger partial charge in [0.2, 0.25) is 0 Å². The maximum Gasteiger partial charge on any atom is 0.123 e. The van der Waals surface area contributed by atoms with Crippen molar-refractivity contribution in [3.63, 3.8) is 0 Å². The summed E-state index contributed by atoms with van der Waals surface area (Å²) in [7, 11) is 0. The van der Waals surface area contributed by atoms with Crippen LogP contribution in [0.2, 0.25) is 0 Å². The lowest BCUT2D eigenvalue weighted by molar-refractivity contribution is 0.194. The largest absolute Gasteiger partial charge is 0.489 e. The number of benzene rings is 1. The summed E-state index contributed by atoms with van der Waals surface area (Å²) in [6.45, 7) is 8.39. The Labute approximate surface area is 98.8 Å². The topological polar surface area (TPSA) is 35.2 Å². The van der Waals surface area contributed by atoms with Gasteiger partial charge in [-0.25, -0.2) is 0 Å². The molecule has 1 rings (SSSR count). The molecule has 2 heteroatoms. The minimum atomic E-state index is 0.0463. The fourth-order valence-electron chi connectivity index (χ4n) is 1.52. The van der Waals surface area contributed by atoms with Crippen LogP contribution in [0, 0.1) is 0 Å². The van der Waals surface area contributed by atoms with Gasteiger partial charge in [-0.15, -0.1) is 0 Å². The summed E-state index contributed by atoms with van der Waals surface area (Å²) in [5, 5.41) is 0. The maximum absolute atomic E-state index is 5.90. The quantitative estimate of drug-likeness (QED) is 0.828. The Morgan fingerprint density at radius 2 is 1.81 bits per heavy atom. The van der Waals surface area contributed by atoms with Gasteiger partial charge in [-0.1, -0.05) is 32.0 Å². The summed E-state index contributed by atoms with van der Waals surface area (Å²) in [6.07, 6.45) is 1.16. The van der Waals surface area contributed by atoms with Crippen LogP contribution in [0.4, 0.5) is 0 Å². The Bertz CT molecular complexity index is 322. The van der Waals surface area contributed by atoms with Gasteiger partial charge in [-0.3, -0.25) is 0 Å².